The zero-order chi connectivity index (χ0) is 17.4. The first-order chi connectivity index (χ1) is 12.1. The molecule has 0 aromatic carbocycles. The standard InChI is InChI=1S/C15H15N7O3/c16-15-17-6-10(7-18-15)12-19-13(21-1-3-25-4-2-21)11-5-9(14(23)24)8-22(11)20-12/h5-8H,1-4H2,(H,23,24)(H2,16,17,18). The van der Waals surface area contributed by atoms with Gasteiger partial charge in [0.25, 0.3) is 0 Å². The Morgan fingerprint density at radius 3 is 2.64 bits per heavy atom. The Labute approximate surface area is 141 Å². The van der Waals surface area contributed by atoms with Crippen LogP contribution in [0.1, 0.15) is 10.4 Å². The Morgan fingerprint density at radius 1 is 1.24 bits per heavy atom. The summed E-state index contributed by atoms with van der Waals surface area (Å²) in [6.45, 7) is 2.50. The molecule has 10 nitrogen and oxygen atoms in total. The molecule has 3 aromatic heterocycles. The first-order valence-corrected chi connectivity index (χ1v) is 7.66. The zero-order valence-electron chi connectivity index (χ0n) is 13.2. The molecular formula is C15H15N7O3. The number of hydrogen-bond acceptors (Lipinski definition) is 8. The van der Waals surface area contributed by atoms with Crippen LogP contribution in [-0.2, 0) is 4.74 Å². The number of nitrogens with zero attached hydrogens (tertiary/aromatic N) is 6. The minimum Gasteiger partial charge on any atom is -0.478 e. The second-order valence-electron chi connectivity index (χ2n) is 5.55. The first-order valence-electron chi connectivity index (χ1n) is 7.66. The van der Waals surface area contributed by atoms with E-state index in [0.717, 1.165) is 0 Å². The van der Waals surface area contributed by atoms with E-state index >= 15 is 0 Å². The average Bonchev–Trinajstić information content (AvgIpc) is 3.07. The van der Waals surface area contributed by atoms with E-state index in [1.54, 1.807) is 6.07 Å². The summed E-state index contributed by atoms with van der Waals surface area (Å²) < 4.78 is 6.91. The van der Waals surface area contributed by atoms with Gasteiger partial charge in [0.15, 0.2) is 11.6 Å². The van der Waals surface area contributed by atoms with Gasteiger partial charge in [0, 0.05) is 31.7 Å². The number of carboxylic acids is 1. The SMILES string of the molecule is Nc1ncc(-c2nc(N3CCOCC3)c3cc(C(=O)O)cn3n2)cn1. The number of nitrogens with two attached hydrogens (primary N) is 1. The predicted octanol–water partition coefficient (Wildman–Crippen LogP) is 0.303. The van der Waals surface area contributed by atoms with E-state index in [9.17, 15) is 9.90 Å². The van der Waals surface area contributed by atoms with Crippen molar-refractivity contribution in [2.75, 3.05) is 36.9 Å². The second kappa shape index (κ2) is 5.98. The molecule has 4 heterocycles. The molecule has 0 amide bonds. The normalized spacial score (nSPS) is 14.8. The summed E-state index contributed by atoms with van der Waals surface area (Å²) in [6, 6.07) is 1.57. The number of aromatic nitrogens is 5. The fourth-order valence-electron chi connectivity index (χ4n) is 2.68. The van der Waals surface area contributed by atoms with Gasteiger partial charge in [0.2, 0.25) is 5.95 Å². The van der Waals surface area contributed by atoms with Crippen molar-refractivity contribution in [2.24, 2.45) is 0 Å². The van der Waals surface area contributed by atoms with Crippen molar-refractivity contribution in [3.05, 3.63) is 30.2 Å². The number of morpholine rings is 1. The largest absolute Gasteiger partial charge is 0.478 e. The number of nitrogen functional groups attached to an aromatic ring is 1. The van der Waals surface area contributed by atoms with Crippen LogP contribution in [0.25, 0.3) is 16.9 Å². The van der Waals surface area contributed by atoms with E-state index < -0.39 is 5.97 Å². The molecule has 0 unspecified atom stereocenters. The average molecular weight is 341 g/mol. The van der Waals surface area contributed by atoms with Gasteiger partial charge >= 0.3 is 5.97 Å². The Bertz CT molecular complexity index is 932. The van der Waals surface area contributed by atoms with E-state index in [4.69, 9.17) is 10.5 Å². The van der Waals surface area contributed by atoms with Crippen LogP contribution in [0.3, 0.4) is 0 Å². The molecule has 1 fully saturated rings. The molecule has 0 bridgehead atoms. The number of carbonyl (C=O) groups is 1. The number of ether oxygens (including phenoxy) is 1. The van der Waals surface area contributed by atoms with Gasteiger partial charge in [0.1, 0.15) is 5.52 Å². The number of carboxylic acid groups (broad SMARTS) is 1. The van der Waals surface area contributed by atoms with E-state index in [1.165, 1.54) is 23.1 Å². The van der Waals surface area contributed by atoms with Crippen LogP contribution >= 0.6 is 0 Å². The molecule has 128 valence electrons. The molecule has 4 rings (SSSR count). The van der Waals surface area contributed by atoms with Gasteiger partial charge in [-0.1, -0.05) is 0 Å². The highest BCUT2D eigenvalue weighted by Crippen LogP contribution is 2.25. The molecule has 0 atom stereocenters. The van der Waals surface area contributed by atoms with E-state index in [0.29, 0.717) is 49.0 Å². The van der Waals surface area contributed by atoms with Crippen LogP contribution in [0.4, 0.5) is 11.8 Å². The summed E-state index contributed by atoms with van der Waals surface area (Å²) in [5.74, 6) is 0.183. The van der Waals surface area contributed by atoms with Crippen molar-refractivity contribution in [3.63, 3.8) is 0 Å². The van der Waals surface area contributed by atoms with Crippen molar-refractivity contribution in [3.8, 4) is 11.4 Å². The summed E-state index contributed by atoms with van der Waals surface area (Å²) in [7, 11) is 0. The van der Waals surface area contributed by atoms with Crippen LogP contribution in [0.15, 0.2) is 24.7 Å². The van der Waals surface area contributed by atoms with Crippen LogP contribution in [0.2, 0.25) is 0 Å². The highest BCUT2D eigenvalue weighted by molar-refractivity contribution is 5.91. The lowest BCUT2D eigenvalue weighted by Crippen LogP contribution is -2.37. The smallest absolute Gasteiger partial charge is 0.337 e. The molecule has 10 heteroatoms. The van der Waals surface area contributed by atoms with Gasteiger partial charge in [-0.15, -0.1) is 5.10 Å². The predicted molar refractivity (Wildman–Crippen MR) is 88.4 cm³/mol. The lowest BCUT2D eigenvalue weighted by atomic mass is 10.3. The third-order valence-corrected chi connectivity index (χ3v) is 3.93. The fraction of sp³-hybridized carbons (Fsp3) is 0.267. The van der Waals surface area contributed by atoms with E-state index in [2.05, 4.69) is 20.1 Å². The molecule has 1 saturated heterocycles. The van der Waals surface area contributed by atoms with Crippen molar-refractivity contribution in [2.45, 2.75) is 0 Å². The van der Waals surface area contributed by atoms with E-state index in [-0.39, 0.29) is 11.5 Å². The zero-order valence-corrected chi connectivity index (χ0v) is 13.2. The highest BCUT2D eigenvalue weighted by Gasteiger charge is 2.20. The Balaban J connectivity index is 1.89. The Kier molecular flexibility index (Phi) is 3.65. The van der Waals surface area contributed by atoms with Gasteiger partial charge in [0.05, 0.1) is 24.3 Å². The van der Waals surface area contributed by atoms with Gasteiger partial charge in [-0.25, -0.2) is 24.3 Å². The molecule has 0 spiro atoms. The van der Waals surface area contributed by atoms with Gasteiger partial charge in [-0.05, 0) is 6.07 Å². The number of rotatable bonds is 3. The molecule has 0 aliphatic carbocycles. The molecule has 1 aliphatic rings. The summed E-state index contributed by atoms with van der Waals surface area (Å²) in [5.41, 5.74) is 6.89. The fourth-order valence-corrected chi connectivity index (χ4v) is 2.68. The lowest BCUT2D eigenvalue weighted by Gasteiger charge is -2.28. The highest BCUT2D eigenvalue weighted by atomic mass is 16.5. The number of fused-ring (bicyclic) bond motifs is 1. The number of hydrogen-bond donors (Lipinski definition) is 2. The Hall–Kier alpha value is -3.27. The van der Waals surface area contributed by atoms with Crippen molar-refractivity contribution in [1.82, 2.24) is 24.6 Å². The van der Waals surface area contributed by atoms with Crippen LogP contribution in [-0.4, -0.2) is 61.9 Å². The monoisotopic (exact) mass is 341 g/mol. The Morgan fingerprint density at radius 2 is 1.96 bits per heavy atom. The quantitative estimate of drug-likeness (QED) is 0.690. The lowest BCUT2D eigenvalue weighted by molar-refractivity contribution is 0.0697. The maximum atomic E-state index is 11.3. The second-order valence-corrected chi connectivity index (χ2v) is 5.55. The third-order valence-electron chi connectivity index (χ3n) is 3.93. The topological polar surface area (TPSA) is 132 Å². The molecule has 25 heavy (non-hydrogen) atoms. The van der Waals surface area contributed by atoms with Gasteiger partial charge in [-0.3, -0.25) is 0 Å². The first kappa shape index (κ1) is 15.3. The molecule has 3 N–H and O–H groups in total. The molecule has 1 aliphatic heterocycles. The maximum absolute atomic E-state index is 11.3. The third kappa shape index (κ3) is 2.83. The van der Waals surface area contributed by atoms with Crippen LogP contribution < -0.4 is 10.6 Å². The summed E-state index contributed by atoms with van der Waals surface area (Å²) in [4.78, 5) is 25.9. The molecule has 0 radical (unpaired) electrons. The summed E-state index contributed by atoms with van der Waals surface area (Å²) in [6.07, 6.45) is 4.54. The number of aromatic carboxylic acids is 1. The molecule has 3 aromatic rings. The summed E-state index contributed by atoms with van der Waals surface area (Å²) in [5, 5.41) is 13.7. The van der Waals surface area contributed by atoms with E-state index in [1.807, 2.05) is 4.90 Å². The molecule has 0 saturated carbocycles. The van der Waals surface area contributed by atoms with Crippen molar-refractivity contribution in [1.29, 1.82) is 0 Å². The van der Waals surface area contributed by atoms with Crippen LogP contribution in [0.5, 0.6) is 0 Å². The van der Waals surface area contributed by atoms with Crippen molar-refractivity contribution < 1.29 is 14.6 Å². The number of anilines is 2. The maximum Gasteiger partial charge on any atom is 0.337 e. The summed E-state index contributed by atoms with van der Waals surface area (Å²) >= 11 is 0. The minimum absolute atomic E-state index is 0.148. The minimum atomic E-state index is -1.02. The van der Waals surface area contributed by atoms with Crippen LogP contribution in [0, 0.1) is 0 Å². The molecular weight excluding hydrogens is 326 g/mol. The van der Waals surface area contributed by atoms with Crippen molar-refractivity contribution >= 4 is 23.3 Å². The van der Waals surface area contributed by atoms with Gasteiger partial charge in [-0.2, -0.15) is 0 Å². The van der Waals surface area contributed by atoms with Gasteiger partial charge < -0.3 is 20.5 Å².